The van der Waals surface area contributed by atoms with Crippen molar-refractivity contribution < 1.29 is 4.79 Å². The zero-order valence-corrected chi connectivity index (χ0v) is 12.0. The second kappa shape index (κ2) is 4.86. The van der Waals surface area contributed by atoms with Gasteiger partial charge in [0.1, 0.15) is 0 Å². The molecule has 1 saturated heterocycles. The quantitative estimate of drug-likeness (QED) is 0.863. The lowest BCUT2D eigenvalue weighted by molar-refractivity contribution is -0.120. The van der Waals surface area contributed by atoms with Crippen LogP contribution in [0.3, 0.4) is 0 Å². The number of rotatable bonds is 2. The van der Waals surface area contributed by atoms with Crippen LogP contribution in [0.15, 0.2) is 12.3 Å². The first-order chi connectivity index (χ1) is 9.56. The number of anilines is 1. The lowest BCUT2D eigenvalue weighted by Crippen LogP contribution is -2.32. The van der Waals surface area contributed by atoms with Crippen molar-refractivity contribution in [2.45, 2.75) is 26.3 Å². The van der Waals surface area contributed by atoms with E-state index in [-0.39, 0.29) is 17.9 Å². The van der Waals surface area contributed by atoms with Gasteiger partial charge in [0.15, 0.2) is 5.65 Å². The van der Waals surface area contributed by atoms with Crippen molar-refractivity contribution in [1.29, 1.82) is 0 Å². The van der Waals surface area contributed by atoms with Crippen LogP contribution in [0.5, 0.6) is 0 Å². The molecule has 1 aliphatic rings. The molecule has 6 heteroatoms. The van der Waals surface area contributed by atoms with Gasteiger partial charge in [0.05, 0.1) is 23.5 Å². The van der Waals surface area contributed by atoms with E-state index in [4.69, 9.17) is 0 Å². The maximum atomic E-state index is 12.3. The van der Waals surface area contributed by atoms with Gasteiger partial charge in [0, 0.05) is 18.5 Å². The summed E-state index contributed by atoms with van der Waals surface area (Å²) in [5, 5.41) is 11.6. The average molecular weight is 273 g/mol. The van der Waals surface area contributed by atoms with Gasteiger partial charge in [-0.25, -0.2) is 4.98 Å². The van der Waals surface area contributed by atoms with Crippen molar-refractivity contribution in [1.82, 2.24) is 20.1 Å². The Kier molecular flexibility index (Phi) is 3.17. The molecule has 0 aromatic carbocycles. The van der Waals surface area contributed by atoms with Gasteiger partial charge in [-0.2, -0.15) is 5.10 Å². The number of aromatic nitrogens is 3. The summed E-state index contributed by atoms with van der Waals surface area (Å²) in [7, 11) is 1.87. The lowest BCUT2D eigenvalue weighted by atomic mass is 10.0. The van der Waals surface area contributed by atoms with E-state index in [1.165, 1.54) is 0 Å². The van der Waals surface area contributed by atoms with Crippen LogP contribution in [0.4, 0.5) is 5.69 Å². The van der Waals surface area contributed by atoms with Crippen molar-refractivity contribution in [3.8, 4) is 0 Å². The summed E-state index contributed by atoms with van der Waals surface area (Å²) in [5.41, 5.74) is 2.48. The number of aryl methyl sites for hydroxylation is 2. The molecule has 1 fully saturated rings. The fraction of sp³-hybridized carbons (Fsp3) is 0.500. The number of nitrogens with one attached hydrogen (secondary N) is 2. The molecule has 1 amide bonds. The van der Waals surface area contributed by atoms with Crippen LogP contribution in [0.25, 0.3) is 11.0 Å². The highest BCUT2D eigenvalue weighted by Crippen LogP contribution is 2.21. The highest BCUT2D eigenvalue weighted by molar-refractivity contribution is 5.95. The van der Waals surface area contributed by atoms with E-state index in [9.17, 15) is 4.79 Å². The Labute approximate surface area is 117 Å². The molecule has 1 aliphatic heterocycles. The number of hydrogen-bond acceptors (Lipinski definition) is 4. The second-order valence-corrected chi connectivity index (χ2v) is 5.43. The van der Waals surface area contributed by atoms with E-state index in [2.05, 4.69) is 20.7 Å². The van der Waals surface area contributed by atoms with Crippen LogP contribution in [0.2, 0.25) is 0 Å². The largest absolute Gasteiger partial charge is 0.324 e. The van der Waals surface area contributed by atoms with Gasteiger partial charge in [0.25, 0.3) is 0 Å². The van der Waals surface area contributed by atoms with Crippen LogP contribution >= 0.6 is 0 Å². The van der Waals surface area contributed by atoms with Gasteiger partial charge in [-0.15, -0.1) is 0 Å². The molecule has 0 aliphatic carbocycles. The van der Waals surface area contributed by atoms with Crippen molar-refractivity contribution >= 4 is 22.6 Å². The fourth-order valence-corrected chi connectivity index (χ4v) is 2.83. The van der Waals surface area contributed by atoms with E-state index in [0.717, 1.165) is 35.4 Å². The molecule has 20 heavy (non-hydrogen) atoms. The zero-order valence-electron chi connectivity index (χ0n) is 12.0. The Morgan fingerprint density at radius 1 is 1.55 bits per heavy atom. The summed E-state index contributed by atoms with van der Waals surface area (Å²) >= 11 is 0. The predicted octanol–water partition coefficient (Wildman–Crippen LogP) is 1.21. The predicted molar refractivity (Wildman–Crippen MR) is 77.4 cm³/mol. The standard InChI is InChI=1S/C14H19N5O/c1-8-11(4-5-15-8)14(20)17-10-6-12-9(2)18-19(3)13(12)16-7-10/h6-8,11,15H,4-5H2,1-3H3,(H,17,20). The Hall–Kier alpha value is -1.95. The molecule has 0 radical (unpaired) electrons. The van der Waals surface area contributed by atoms with Crippen LogP contribution in [-0.4, -0.2) is 33.3 Å². The Morgan fingerprint density at radius 3 is 3.05 bits per heavy atom. The minimum absolute atomic E-state index is 0.0284. The maximum Gasteiger partial charge on any atom is 0.229 e. The van der Waals surface area contributed by atoms with Crippen LogP contribution in [0, 0.1) is 12.8 Å². The summed E-state index contributed by atoms with van der Waals surface area (Å²) < 4.78 is 1.75. The SMILES string of the molecule is Cc1nn(C)c2ncc(NC(=O)C3CCNC3C)cc12. The second-order valence-electron chi connectivity index (χ2n) is 5.43. The number of amides is 1. The van der Waals surface area contributed by atoms with E-state index in [1.807, 2.05) is 27.0 Å². The minimum Gasteiger partial charge on any atom is -0.324 e. The molecule has 2 aromatic rings. The molecule has 0 bridgehead atoms. The molecular weight excluding hydrogens is 254 g/mol. The van der Waals surface area contributed by atoms with Gasteiger partial charge < -0.3 is 10.6 Å². The fourth-order valence-electron chi connectivity index (χ4n) is 2.83. The first-order valence-electron chi connectivity index (χ1n) is 6.90. The van der Waals surface area contributed by atoms with Crippen LogP contribution < -0.4 is 10.6 Å². The summed E-state index contributed by atoms with van der Waals surface area (Å²) in [6.07, 6.45) is 2.57. The topological polar surface area (TPSA) is 71.8 Å². The van der Waals surface area contributed by atoms with E-state index in [1.54, 1.807) is 10.9 Å². The smallest absolute Gasteiger partial charge is 0.229 e. The third-order valence-corrected chi connectivity index (χ3v) is 3.99. The van der Waals surface area contributed by atoms with Crippen LogP contribution in [-0.2, 0) is 11.8 Å². The van der Waals surface area contributed by atoms with Gasteiger partial charge >= 0.3 is 0 Å². The molecule has 0 spiro atoms. The molecule has 106 valence electrons. The Balaban J connectivity index is 1.84. The highest BCUT2D eigenvalue weighted by Gasteiger charge is 2.29. The van der Waals surface area contributed by atoms with Crippen LogP contribution in [0.1, 0.15) is 19.0 Å². The molecule has 2 atom stereocenters. The number of carbonyl (C=O) groups is 1. The first-order valence-corrected chi connectivity index (χ1v) is 6.90. The number of pyridine rings is 1. The zero-order chi connectivity index (χ0) is 14.3. The third kappa shape index (κ3) is 2.16. The molecule has 3 rings (SSSR count). The number of carbonyl (C=O) groups excluding carboxylic acids is 1. The van der Waals surface area contributed by atoms with E-state index < -0.39 is 0 Å². The van der Waals surface area contributed by atoms with E-state index in [0.29, 0.717) is 0 Å². The number of fused-ring (bicyclic) bond motifs is 1. The summed E-state index contributed by atoms with van der Waals surface area (Å²) in [5.74, 6) is 0.0888. The molecule has 0 saturated carbocycles. The molecule has 2 N–H and O–H groups in total. The van der Waals surface area contributed by atoms with Gasteiger partial charge in [-0.3, -0.25) is 9.48 Å². The first kappa shape index (κ1) is 13.1. The van der Waals surface area contributed by atoms with Crippen molar-refractivity contribution in [3.63, 3.8) is 0 Å². The summed E-state index contributed by atoms with van der Waals surface area (Å²) in [4.78, 5) is 16.6. The van der Waals surface area contributed by atoms with Crippen molar-refractivity contribution in [2.24, 2.45) is 13.0 Å². The molecule has 3 heterocycles. The average Bonchev–Trinajstić information content (AvgIpc) is 2.95. The van der Waals surface area contributed by atoms with Gasteiger partial charge in [-0.1, -0.05) is 0 Å². The Bertz CT molecular complexity index is 663. The van der Waals surface area contributed by atoms with Gasteiger partial charge in [-0.05, 0) is 32.9 Å². The maximum absolute atomic E-state index is 12.3. The Morgan fingerprint density at radius 2 is 2.35 bits per heavy atom. The number of hydrogen-bond donors (Lipinski definition) is 2. The molecule has 2 unspecified atom stereocenters. The monoisotopic (exact) mass is 273 g/mol. The normalized spacial score (nSPS) is 22.4. The highest BCUT2D eigenvalue weighted by atomic mass is 16.1. The third-order valence-electron chi connectivity index (χ3n) is 3.99. The van der Waals surface area contributed by atoms with Gasteiger partial charge in [0.2, 0.25) is 5.91 Å². The molecular formula is C14H19N5O. The minimum atomic E-state index is 0.0284. The molecule has 2 aromatic heterocycles. The summed E-state index contributed by atoms with van der Waals surface area (Å²) in [6.45, 7) is 4.89. The summed E-state index contributed by atoms with van der Waals surface area (Å²) in [6, 6.07) is 2.17. The molecule has 6 nitrogen and oxygen atoms in total. The van der Waals surface area contributed by atoms with E-state index >= 15 is 0 Å². The number of nitrogens with zero attached hydrogens (tertiary/aromatic N) is 3. The lowest BCUT2D eigenvalue weighted by Gasteiger charge is -2.14. The van der Waals surface area contributed by atoms with Crippen molar-refractivity contribution in [3.05, 3.63) is 18.0 Å². The van der Waals surface area contributed by atoms with Crippen molar-refractivity contribution in [2.75, 3.05) is 11.9 Å².